The van der Waals surface area contributed by atoms with E-state index in [0.717, 1.165) is 28.2 Å². The number of hydrogen-bond acceptors (Lipinski definition) is 4. The molecular formula is C31H29Cl3N4O2S. The predicted molar refractivity (Wildman–Crippen MR) is 168 cm³/mol. The van der Waals surface area contributed by atoms with Crippen molar-refractivity contribution in [1.82, 2.24) is 14.0 Å². The van der Waals surface area contributed by atoms with Gasteiger partial charge in [0.25, 0.3) is 11.5 Å². The molecule has 41 heavy (non-hydrogen) atoms. The van der Waals surface area contributed by atoms with Gasteiger partial charge in [-0.2, -0.15) is 0 Å². The normalized spacial score (nSPS) is 15.2. The molecule has 1 amide bonds. The first-order valence-corrected chi connectivity index (χ1v) is 15.2. The monoisotopic (exact) mass is 626 g/mol. The molecular weight excluding hydrogens is 599 g/mol. The summed E-state index contributed by atoms with van der Waals surface area (Å²) in [5.74, 6) is -0.129. The molecule has 0 saturated carbocycles. The Morgan fingerprint density at radius 1 is 1.00 bits per heavy atom. The Morgan fingerprint density at radius 2 is 1.68 bits per heavy atom. The fraction of sp³-hybridized carbons (Fsp3) is 0.258. The number of benzene rings is 2. The van der Waals surface area contributed by atoms with Crippen LogP contribution >= 0.6 is 46.1 Å². The summed E-state index contributed by atoms with van der Waals surface area (Å²) in [5.41, 5.74) is 5.41. The number of thiazole rings is 1. The van der Waals surface area contributed by atoms with Crippen molar-refractivity contribution < 1.29 is 4.79 Å². The van der Waals surface area contributed by atoms with Crippen molar-refractivity contribution in [2.75, 3.05) is 13.1 Å². The van der Waals surface area contributed by atoms with Gasteiger partial charge in [-0.15, -0.1) is 0 Å². The molecule has 1 aliphatic rings. The SMILES string of the molecule is CCN(CC)C(=O)C1=C(C)N=c2s/c(=C/c3cc(C)n(-c4ccc(Cl)c(Cl)c4)c3C)c(=O)n2[C@H]1c1ccc(Cl)cc1. The standard InChI is InChI=1S/C31H29Cl3N4O2S/c1-6-36(7-2)30(40)27-18(4)35-31-38(28(27)20-8-10-22(32)11-9-20)29(39)26(41-31)15-21-14-17(3)37(19(21)5)23-12-13-24(33)25(34)16-23/h8-16,28H,6-7H2,1-5H3/b26-15+/t28-/m0/s1. The van der Waals surface area contributed by atoms with E-state index in [0.29, 0.717) is 48.8 Å². The minimum absolute atomic E-state index is 0.129. The summed E-state index contributed by atoms with van der Waals surface area (Å²) in [6.45, 7) is 10.8. The first kappa shape index (κ1) is 29.4. The fourth-order valence-electron chi connectivity index (χ4n) is 5.33. The average molecular weight is 628 g/mol. The quantitative estimate of drug-likeness (QED) is 0.246. The second-order valence-corrected chi connectivity index (χ2v) is 12.1. The Labute approximate surface area is 257 Å². The van der Waals surface area contributed by atoms with Crippen LogP contribution in [-0.4, -0.2) is 33.0 Å². The van der Waals surface area contributed by atoms with Crippen LogP contribution in [-0.2, 0) is 4.79 Å². The zero-order valence-corrected chi connectivity index (χ0v) is 26.4. The molecule has 0 fully saturated rings. The zero-order valence-electron chi connectivity index (χ0n) is 23.3. The molecule has 5 rings (SSSR count). The van der Waals surface area contributed by atoms with E-state index in [1.807, 2.05) is 71.0 Å². The number of carbonyl (C=O) groups excluding carboxylic acids is 1. The summed E-state index contributed by atoms with van der Waals surface area (Å²) in [6, 6.07) is 14.2. The topological polar surface area (TPSA) is 59.6 Å². The van der Waals surface area contributed by atoms with E-state index in [1.54, 1.807) is 27.7 Å². The zero-order chi connectivity index (χ0) is 29.6. The molecule has 10 heteroatoms. The summed E-state index contributed by atoms with van der Waals surface area (Å²) in [5, 5.41) is 1.54. The van der Waals surface area contributed by atoms with Crippen molar-refractivity contribution >= 4 is 58.1 Å². The van der Waals surface area contributed by atoms with E-state index < -0.39 is 6.04 Å². The van der Waals surface area contributed by atoms with Crippen molar-refractivity contribution in [3.63, 3.8) is 0 Å². The maximum absolute atomic E-state index is 14.1. The fourth-order valence-corrected chi connectivity index (χ4v) is 6.79. The first-order chi connectivity index (χ1) is 19.5. The highest BCUT2D eigenvalue weighted by molar-refractivity contribution is 7.07. The van der Waals surface area contributed by atoms with Crippen LogP contribution in [0.3, 0.4) is 0 Å². The Bertz CT molecular complexity index is 1880. The lowest BCUT2D eigenvalue weighted by Gasteiger charge is -2.29. The highest BCUT2D eigenvalue weighted by atomic mass is 35.5. The third-order valence-electron chi connectivity index (χ3n) is 7.41. The molecule has 3 heterocycles. The summed E-state index contributed by atoms with van der Waals surface area (Å²) < 4.78 is 4.25. The van der Waals surface area contributed by atoms with Crippen molar-refractivity contribution in [2.45, 2.75) is 40.7 Å². The first-order valence-electron chi connectivity index (χ1n) is 13.3. The molecule has 4 aromatic rings. The minimum atomic E-state index is -0.623. The van der Waals surface area contributed by atoms with Gasteiger partial charge in [0.05, 0.1) is 31.9 Å². The van der Waals surface area contributed by atoms with Crippen LogP contribution in [0.2, 0.25) is 15.1 Å². The summed E-state index contributed by atoms with van der Waals surface area (Å²) in [6.07, 6.45) is 1.89. The molecule has 0 N–H and O–H groups in total. The van der Waals surface area contributed by atoms with Crippen LogP contribution in [0.5, 0.6) is 0 Å². The van der Waals surface area contributed by atoms with Crippen LogP contribution in [0.1, 0.15) is 49.3 Å². The number of nitrogens with zero attached hydrogens (tertiary/aromatic N) is 4. The average Bonchev–Trinajstić information content (AvgIpc) is 3.39. The van der Waals surface area contributed by atoms with E-state index in [2.05, 4.69) is 4.57 Å². The number of allylic oxidation sites excluding steroid dienone is 1. The second kappa shape index (κ2) is 11.6. The molecule has 0 unspecified atom stereocenters. The minimum Gasteiger partial charge on any atom is -0.339 e. The van der Waals surface area contributed by atoms with Gasteiger partial charge in [-0.25, -0.2) is 4.99 Å². The molecule has 1 aliphatic heterocycles. The molecule has 212 valence electrons. The number of carbonyl (C=O) groups is 1. The van der Waals surface area contributed by atoms with Crippen LogP contribution in [0, 0.1) is 13.8 Å². The van der Waals surface area contributed by atoms with Crippen molar-refractivity contribution in [3.8, 4) is 5.69 Å². The summed E-state index contributed by atoms with van der Waals surface area (Å²) in [7, 11) is 0. The molecule has 0 spiro atoms. The third-order valence-corrected chi connectivity index (χ3v) is 9.38. The van der Waals surface area contributed by atoms with Gasteiger partial charge in [-0.05, 0) is 88.2 Å². The van der Waals surface area contributed by atoms with Gasteiger partial charge in [0, 0.05) is 35.2 Å². The molecule has 0 aliphatic carbocycles. The number of halogens is 3. The Hall–Kier alpha value is -3.10. The lowest BCUT2D eigenvalue weighted by Crippen LogP contribution is -2.43. The van der Waals surface area contributed by atoms with E-state index in [-0.39, 0.29) is 11.5 Å². The second-order valence-electron chi connectivity index (χ2n) is 9.87. The van der Waals surface area contributed by atoms with Crippen molar-refractivity contribution in [3.05, 3.63) is 117 Å². The van der Waals surface area contributed by atoms with Gasteiger partial charge < -0.3 is 9.47 Å². The third kappa shape index (κ3) is 5.32. The number of likely N-dealkylation sites (N-methyl/N-ethyl adjacent to an activating group) is 1. The largest absolute Gasteiger partial charge is 0.339 e. The summed E-state index contributed by atoms with van der Waals surface area (Å²) >= 11 is 19.9. The maximum Gasteiger partial charge on any atom is 0.271 e. The van der Waals surface area contributed by atoms with Crippen LogP contribution < -0.4 is 14.9 Å². The number of amides is 1. The lowest BCUT2D eigenvalue weighted by molar-refractivity contribution is -0.127. The molecule has 6 nitrogen and oxygen atoms in total. The molecule has 0 bridgehead atoms. The van der Waals surface area contributed by atoms with Crippen LogP contribution in [0.25, 0.3) is 11.8 Å². The van der Waals surface area contributed by atoms with Crippen molar-refractivity contribution in [2.24, 2.45) is 4.99 Å². The Balaban J connectivity index is 1.69. The van der Waals surface area contributed by atoms with Gasteiger partial charge in [-0.3, -0.25) is 14.2 Å². The summed E-state index contributed by atoms with van der Waals surface area (Å²) in [4.78, 5) is 34.9. The van der Waals surface area contributed by atoms with E-state index in [4.69, 9.17) is 39.8 Å². The maximum atomic E-state index is 14.1. The van der Waals surface area contributed by atoms with E-state index in [9.17, 15) is 9.59 Å². The van der Waals surface area contributed by atoms with E-state index in [1.165, 1.54) is 11.3 Å². The molecule has 2 aromatic heterocycles. The number of hydrogen-bond donors (Lipinski definition) is 0. The molecule has 2 aromatic carbocycles. The number of rotatable bonds is 6. The van der Waals surface area contributed by atoms with E-state index >= 15 is 0 Å². The molecule has 1 atom stereocenters. The number of aromatic nitrogens is 2. The van der Waals surface area contributed by atoms with Crippen LogP contribution in [0.4, 0.5) is 0 Å². The van der Waals surface area contributed by atoms with Crippen LogP contribution in [0.15, 0.2) is 69.6 Å². The number of aryl methyl sites for hydroxylation is 1. The molecule has 0 saturated heterocycles. The Kier molecular flexibility index (Phi) is 8.35. The van der Waals surface area contributed by atoms with Gasteiger partial charge in [0.2, 0.25) is 0 Å². The predicted octanol–water partition coefficient (Wildman–Crippen LogP) is 6.47. The molecule has 0 radical (unpaired) electrons. The highest BCUT2D eigenvalue weighted by Gasteiger charge is 2.34. The van der Waals surface area contributed by atoms with Gasteiger partial charge in [0.1, 0.15) is 0 Å². The lowest BCUT2D eigenvalue weighted by atomic mass is 9.94. The van der Waals surface area contributed by atoms with Gasteiger partial charge in [-0.1, -0.05) is 58.3 Å². The van der Waals surface area contributed by atoms with Crippen molar-refractivity contribution in [1.29, 1.82) is 0 Å². The smallest absolute Gasteiger partial charge is 0.271 e. The van der Waals surface area contributed by atoms with Gasteiger partial charge in [0.15, 0.2) is 4.80 Å². The highest BCUT2D eigenvalue weighted by Crippen LogP contribution is 2.32. The van der Waals surface area contributed by atoms with Gasteiger partial charge >= 0.3 is 0 Å². The Morgan fingerprint density at radius 3 is 2.32 bits per heavy atom. The number of fused-ring (bicyclic) bond motifs is 1.